The number of ketones is 1. The number of carbonyl (C=O) groups is 2. The normalized spacial score (nSPS) is 14.6. The Balaban J connectivity index is 1.59. The summed E-state index contributed by atoms with van der Waals surface area (Å²) in [5.41, 5.74) is 1.73. The Bertz CT molecular complexity index is 1200. The van der Waals surface area contributed by atoms with E-state index in [4.69, 9.17) is 37.4 Å². The lowest BCUT2D eigenvalue weighted by molar-refractivity contribution is -0.151. The summed E-state index contributed by atoms with van der Waals surface area (Å²) in [5.74, 6) is 0.100. The van der Waals surface area contributed by atoms with Crippen molar-refractivity contribution in [3.63, 3.8) is 0 Å². The van der Waals surface area contributed by atoms with Crippen molar-refractivity contribution in [2.24, 2.45) is 0 Å². The first kappa shape index (κ1) is 21.9. The molecule has 3 aromatic carbocycles. The van der Waals surface area contributed by atoms with E-state index in [9.17, 15) is 9.59 Å². The maximum atomic E-state index is 12.7. The maximum absolute atomic E-state index is 12.7. The summed E-state index contributed by atoms with van der Waals surface area (Å²) in [6.07, 6.45) is 0.647. The van der Waals surface area contributed by atoms with Crippen LogP contribution in [0.25, 0.3) is 6.08 Å². The number of esters is 1. The zero-order valence-electron chi connectivity index (χ0n) is 17.0. The Morgan fingerprint density at radius 1 is 1.03 bits per heavy atom. The minimum atomic E-state index is -0.947. The third-order valence-corrected chi connectivity index (χ3v) is 5.48. The summed E-state index contributed by atoms with van der Waals surface area (Å²) in [5, 5.41) is 0.803. The van der Waals surface area contributed by atoms with Crippen LogP contribution in [0.4, 0.5) is 0 Å². The molecule has 7 heteroatoms. The molecule has 0 amide bonds. The highest BCUT2D eigenvalue weighted by Gasteiger charge is 2.29. The minimum Gasteiger partial charge on any atom is -0.474 e. The van der Waals surface area contributed by atoms with Gasteiger partial charge in [-0.2, -0.15) is 0 Å². The molecular formula is C25H18Cl2O5. The average molecular weight is 469 g/mol. The first-order valence-electron chi connectivity index (χ1n) is 9.88. The van der Waals surface area contributed by atoms with Crippen molar-refractivity contribution in [1.29, 1.82) is 0 Å². The average Bonchev–Trinajstić information content (AvgIpc) is 3.10. The number of halogens is 2. The second kappa shape index (κ2) is 9.47. The molecule has 0 saturated carbocycles. The zero-order chi connectivity index (χ0) is 22.7. The Hall–Kier alpha value is -3.28. The summed E-state index contributed by atoms with van der Waals surface area (Å²) in [4.78, 5) is 25.2. The molecule has 1 aliphatic rings. The predicted molar refractivity (Wildman–Crippen MR) is 122 cm³/mol. The first-order chi connectivity index (χ1) is 15.5. The highest BCUT2D eigenvalue weighted by Crippen LogP contribution is 2.36. The first-order valence-corrected chi connectivity index (χ1v) is 10.6. The second-order valence-corrected chi connectivity index (χ2v) is 7.75. The van der Waals surface area contributed by atoms with Crippen molar-refractivity contribution in [1.82, 2.24) is 0 Å². The number of benzene rings is 3. The van der Waals surface area contributed by atoms with Gasteiger partial charge in [0.15, 0.2) is 5.76 Å². The van der Waals surface area contributed by atoms with Crippen LogP contribution in [0.3, 0.4) is 0 Å². The largest absolute Gasteiger partial charge is 0.474 e. The standard InChI is InChI=1S/C25H18Cl2O5/c1-2-30-25(29)24(16-6-4-3-5-7-16)31-17-9-10-18-21(14-17)32-22(23(18)28)13-15-8-11-19(26)20(27)12-15/h3-14,24H,2H2,1H3/b22-13-. The molecule has 0 bridgehead atoms. The van der Waals surface area contributed by atoms with Crippen LogP contribution in [0.1, 0.15) is 34.5 Å². The summed E-state index contributed by atoms with van der Waals surface area (Å²) >= 11 is 12.0. The molecule has 3 aromatic rings. The van der Waals surface area contributed by atoms with Gasteiger partial charge in [0.1, 0.15) is 11.5 Å². The quantitative estimate of drug-likeness (QED) is 0.314. The summed E-state index contributed by atoms with van der Waals surface area (Å²) in [7, 11) is 0. The van der Waals surface area contributed by atoms with Crippen LogP contribution >= 0.6 is 23.2 Å². The van der Waals surface area contributed by atoms with Crippen LogP contribution < -0.4 is 9.47 Å². The van der Waals surface area contributed by atoms with E-state index in [-0.39, 0.29) is 18.1 Å². The molecule has 1 unspecified atom stereocenters. The minimum absolute atomic E-state index is 0.153. The van der Waals surface area contributed by atoms with Crippen LogP contribution in [-0.2, 0) is 9.53 Å². The van der Waals surface area contributed by atoms with Crippen LogP contribution in [0.2, 0.25) is 10.0 Å². The molecule has 0 fully saturated rings. The van der Waals surface area contributed by atoms with Crippen LogP contribution in [0.15, 0.2) is 72.5 Å². The maximum Gasteiger partial charge on any atom is 0.352 e. The van der Waals surface area contributed by atoms with E-state index in [0.717, 1.165) is 0 Å². The van der Waals surface area contributed by atoms with E-state index in [1.54, 1.807) is 61.5 Å². The smallest absolute Gasteiger partial charge is 0.352 e. The number of fused-ring (bicyclic) bond motifs is 1. The fourth-order valence-corrected chi connectivity index (χ4v) is 3.53. The molecule has 1 aliphatic heterocycles. The van der Waals surface area contributed by atoms with E-state index in [1.165, 1.54) is 0 Å². The highest BCUT2D eigenvalue weighted by atomic mass is 35.5. The molecule has 32 heavy (non-hydrogen) atoms. The number of Topliss-reactive ketones (excluding diaryl/α,β-unsaturated/α-hetero) is 1. The van der Waals surface area contributed by atoms with Gasteiger partial charge in [-0.05, 0) is 42.8 Å². The molecule has 0 radical (unpaired) electrons. The zero-order valence-corrected chi connectivity index (χ0v) is 18.5. The molecular weight excluding hydrogens is 451 g/mol. The van der Waals surface area contributed by atoms with Gasteiger partial charge in [0.05, 0.1) is 22.2 Å². The van der Waals surface area contributed by atoms with E-state index in [2.05, 4.69) is 0 Å². The van der Waals surface area contributed by atoms with E-state index >= 15 is 0 Å². The van der Waals surface area contributed by atoms with E-state index in [1.807, 2.05) is 18.2 Å². The van der Waals surface area contributed by atoms with E-state index < -0.39 is 12.1 Å². The molecule has 0 spiro atoms. The summed E-state index contributed by atoms with van der Waals surface area (Å²) in [6.45, 7) is 1.97. The highest BCUT2D eigenvalue weighted by molar-refractivity contribution is 6.42. The number of rotatable bonds is 6. The van der Waals surface area contributed by atoms with Gasteiger partial charge in [-0.1, -0.05) is 59.6 Å². The predicted octanol–water partition coefficient (Wildman–Crippen LogP) is 6.29. The Morgan fingerprint density at radius 2 is 1.81 bits per heavy atom. The summed E-state index contributed by atoms with van der Waals surface area (Å²) < 4.78 is 16.9. The number of hydrogen-bond donors (Lipinski definition) is 0. The monoisotopic (exact) mass is 468 g/mol. The van der Waals surface area contributed by atoms with Gasteiger partial charge in [0.25, 0.3) is 0 Å². The van der Waals surface area contributed by atoms with Gasteiger partial charge in [-0.3, -0.25) is 4.79 Å². The topological polar surface area (TPSA) is 61.8 Å². The lowest BCUT2D eigenvalue weighted by Crippen LogP contribution is -2.21. The van der Waals surface area contributed by atoms with Crippen molar-refractivity contribution in [3.05, 3.63) is 99.2 Å². The molecule has 0 aromatic heterocycles. The number of allylic oxidation sites excluding steroid dienone is 1. The van der Waals surface area contributed by atoms with Crippen LogP contribution in [0.5, 0.6) is 11.5 Å². The van der Waals surface area contributed by atoms with Crippen molar-refractivity contribution in [2.45, 2.75) is 13.0 Å². The Kier molecular flexibility index (Phi) is 6.49. The van der Waals surface area contributed by atoms with Crippen LogP contribution in [0, 0.1) is 0 Å². The molecule has 0 aliphatic carbocycles. The Labute approximate surface area is 195 Å². The SMILES string of the molecule is CCOC(=O)C(Oc1ccc2c(c1)O/C(=C\c1ccc(Cl)c(Cl)c1)C2=O)c1ccccc1. The third-order valence-electron chi connectivity index (χ3n) is 4.74. The van der Waals surface area contributed by atoms with Gasteiger partial charge in [-0.25, -0.2) is 4.79 Å². The van der Waals surface area contributed by atoms with Gasteiger partial charge >= 0.3 is 5.97 Å². The molecule has 4 rings (SSSR count). The van der Waals surface area contributed by atoms with Gasteiger partial charge in [0.2, 0.25) is 11.9 Å². The second-order valence-electron chi connectivity index (χ2n) is 6.93. The van der Waals surface area contributed by atoms with Crippen molar-refractivity contribution >= 4 is 41.0 Å². The van der Waals surface area contributed by atoms with Crippen molar-refractivity contribution in [3.8, 4) is 11.5 Å². The lowest BCUT2D eigenvalue weighted by Gasteiger charge is -2.18. The number of carbonyl (C=O) groups excluding carboxylic acids is 2. The molecule has 0 N–H and O–H groups in total. The molecule has 0 saturated heterocycles. The third kappa shape index (κ3) is 4.64. The lowest BCUT2D eigenvalue weighted by atomic mass is 10.1. The fraction of sp³-hybridized carbons (Fsp3) is 0.120. The molecule has 1 atom stereocenters. The fourth-order valence-electron chi connectivity index (χ4n) is 3.23. The number of ether oxygens (including phenoxy) is 3. The van der Waals surface area contributed by atoms with E-state index in [0.29, 0.717) is 38.2 Å². The molecule has 1 heterocycles. The van der Waals surface area contributed by atoms with Crippen molar-refractivity contribution < 1.29 is 23.8 Å². The number of hydrogen-bond acceptors (Lipinski definition) is 5. The molecule has 5 nitrogen and oxygen atoms in total. The van der Waals surface area contributed by atoms with Crippen LogP contribution in [-0.4, -0.2) is 18.4 Å². The van der Waals surface area contributed by atoms with Crippen molar-refractivity contribution in [2.75, 3.05) is 6.61 Å². The molecule has 162 valence electrons. The van der Waals surface area contributed by atoms with Gasteiger partial charge in [-0.15, -0.1) is 0 Å². The summed E-state index contributed by atoms with van der Waals surface area (Å²) in [6, 6.07) is 18.9. The Morgan fingerprint density at radius 3 is 2.53 bits per heavy atom. The van der Waals surface area contributed by atoms with Gasteiger partial charge in [0, 0.05) is 11.6 Å². The van der Waals surface area contributed by atoms with Gasteiger partial charge < -0.3 is 14.2 Å².